The van der Waals surface area contributed by atoms with Gasteiger partial charge < -0.3 is 4.74 Å². The Kier molecular flexibility index (Phi) is 5.23. The molecule has 2 atom stereocenters. The summed E-state index contributed by atoms with van der Waals surface area (Å²) < 4.78 is 6.02. The van der Waals surface area contributed by atoms with Gasteiger partial charge in [-0.2, -0.15) is 10.5 Å². The van der Waals surface area contributed by atoms with Gasteiger partial charge in [-0.1, -0.05) is 41.1 Å². The third-order valence-electron chi connectivity index (χ3n) is 4.18. The monoisotopic (exact) mass is 372 g/mol. The quantitative estimate of drug-likeness (QED) is 0.748. The summed E-state index contributed by atoms with van der Waals surface area (Å²) in [5.41, 5.74) is 0.158. The molecule has 1 aliphatic carbocycles. The second-order valence-corrected chi connectivity index (χ2v) is 6.55. The SMILES string of the molecule is CCOC(=O)[C@@H]1CC(C#N)(C#N)C(c2ccc(Br)cc2)=C[C@H]1C. The number of rotatable bonds is 3. The Morgan fingerprint density at radius 2 is 1.96 bits per heavy atom. The van der Waals surface area contributed by atoms with Gasteiger partial charge in [-0.25, -0.2) is 0 Å². The van der Waals surface area contributed by atoms with Gasteiger partial charge >= 0.3 is 5.97 Å². The summed E-state index contributed by atoms with van der Waals surface area (Å²) in [6.45, 7) is 3.95. The Balaban J connectivity index is 2.50. The number of carbonyl (C=O) groups excluding carboxylic acids is 1. The molecule has 1 aromatic rings. The van der Waals surface area contributed by atoms with Crippen molar-refractivity contribution in [2.24, 2.45) is 17.3 Å². The first-order valence-corrected chi connectivity index (χ1v) is 8.24. The number of carbonyl (C=O) groups is 1. The smallest absolute Gasteiger partial charge is 0.309 e. The zero-order chi connectivity index (χ0) is 17.0. The van der Waals surface area contributed by atoms with E-state index in [9.17, 15) is 15.3 Å². The van der Waals surface area contributed by atoms with Crippen LogP contribution in [-0.4, -0.2) is 12.6 Å². The second-order valence-electron chi connectivity index (χ2n) is 5.64. The number of esters is 1. The Morgan fingerprint density at radius 3 is 2.48 bits per heavy atom. The summed E-state index contributed by atoms with van der Waals surface area (Å²) >= 11 is 3.38. The van der Waals surface area contributed by atoms with Gasteiger partial charge in [0.1, 0.15) is 0 Å². The van der Waals surface area contributed by atoms with E-state index in [1.165, 1.54) is 0 Å². The fourth-order valence-corrected chi connectivity index (χ4v) is 3.17. The first kappa shape index (κ1) is 17.2. The molecular formula is C18H17BrN2O2. The molecule has 0 spiro atoms. The van der Waals surface area contributed by atoms with Crippen molar-refractivity contribution in [1.82, 2.24) is 0 Å². The third kappa shape index (κ3) is 3.30. The number of hydrogen-bond donors (Lipinski definition) is 0. The first-order valence-electron chi connectivity index (χ1n) is 7.44. The highest BCUT2D eigenvalue weighted by Gasteiger charge is 2.46. The van der Waals surface area contributed by atoms with Crippen LogP contribution < -0.4 is 0 Å². The first-order chi connectivity index (χ1) is 11.0. The van der Waals surface area contributed by atoms with Crippen molar-refractivity contribution in [3.05, 3.63) is 40.4 Å². The molecule has 0 bridgehead atoms. The average Bonchev–Trinajstić information content (AvgIpc) is 2.56. The van der Waals surface area contributed by atoms with Gasteiger partial charge in [-0.05, 0) is 42.5 Å². The lowest BCUT2D eigenvalue weighted by molar-refractivity contribution is -0.150. The number of hydrogen-bond acceptors (Lipinski definition) is 4. The Bertz CT molecular complexity index is 696. The summed E-state index contributed by atoms with van der Waals surface area (Å²) in [4.78, 5) is 12.1. The number of allylic oxidation sites excluding steroid dienone is 2. The largest absolute Gasteiger partial charge is 0.466 e. The topological polar surface area (TPSA) is 73.9 Å². The highest BCUT2D eigenvalue weighted by molar-refractivity contribution is 9.10. The molecule has 2 rings (SSSR count). The molecule has 0 amide bonds. The molecule has 0 saturated heterocycles. The van der Waals surface area contributed by atoms with Crippen molar-refractivity contribution in [2.75, 3.05) is 6.61 Å². The van der Waals surface area contributed by atoms with Crippen molar-refractivity contribution in [2.45, 2.75) is 20.3 Å². The fourth-order valence-electron chi connectivity index (χ4n) is 2.90. The number of halogens is 1. The molecule has 0 aromatic heterocycles. The Hall–Kier alpha value is -2.11. The predicted octanol–water partition coefficient (Wildman–Crippen LogP) is 4.09. The van der Waals surface area contributed by atoms with Crippen LogP contribution in [-0.2, 0) is 9.53 Å². The fraction of sp³-hybridized carbons (Fsp3) is 0.389. The molecule has 4 nitrogen and oxygen atoms in total. The van der Waals surface area contributed by atoms with Crippen molar-refractivity contribution >= 4 is 27.5 Å². The van der Waals surface area contributed by atoms with Crippen LogP contribution in [0.1, 0.15) is 25.8 Å². The van der Waals surface area contributed by atoms with Crippen LogP contribution in [0.2, 0.25) is 0 Å². The minimum absolute atomic E-state index is 0.0949. The zero-order valence-electron chi connectivity index (χ0n) is 13.0. The molecule has 0 N–H and O–H groups in total. The molecule has 23 heavy (non-hydrogen) atoms. The molecule has 1 aliphatic rings. The summed E-state index contributed by atoms with van der Waals surface area (Å²) in [5, 5.41) is 19.3. The van der Waals surface area contributed by atoms with Crippen LogP contribution in [0.25, 0.3) is 5.57 Å². The maximum absolute atomic E-state index is 12.1. The standard InChI is InChI=1S/C18H17BrN2O2/c1-3-23-17(22)15-9-18(10-20,11-21)16(8-12(15)2)13-4-6-14(19)7-5-13/h4-8,12,15H,3,9H2,1-2H3/t12-,15-/m1/s1. The minimum Gasteiger partial charge on any atom is -0.466 e. The van der Waals surface area contributed by atoms with Gasteiger partial charge in [0.15, 0.2) is 5.41 Å². The van der Waals surface area contributed by atoms with Gasteiger partial charge in [-0.3, -0.25) is 4.79 Å². The predicted molar refractivity (Wildman–Crippen MR) is 89.7 cm³/mol. The summed E-state index contributed by atoms with van der Waals surface area (Å²) in [7, 11) is 0. The Morgan fingerprint density at radius 1 is 1.35 bits per heavy atom. The van der Waals surface area contributed by atoms with E-state index in [1.54, 1.807) is 6.92 Å². The van der Waals surface area contributed by atoms with Crippen LogP contribution >= 0.6 is 15.9 Å². The normalized spacial score (nSPS) is 22.4. The van der Waals surface area contributed by atoms with Crippen LogP contribution in [0.3, 0.4) is 0 Å². The molecule has 118 valence electrons. The maximum atomic E-state index is 12.1. The highest BCUT2D eigenvalue weighted by atomic mass is 79.9. The molecule has 0 radical (unpaired) electrons. The van der Waals surface area contributed by atoms with E-state index in [4.69, 9.17) is 4.74 Å². The van der Waals surface area contributed by atoms with E-state index in [-0.39, 0.29) is 24.9 Å². The van der Waals surface area contributed by atoms with E-state index >= 15 is 0 Å². The zero-order valence-corrected chi connectivity index (χ0v) is 14.6. The van der Waals surface area contributed by atoms with Crippen molar-refractivity contribution in [1.29, 1.82) is 10.5 Å². The molecule has 1 aromatic carbocycles. The molecule has 0 aliphatic heterocycles. The molecule has 0 heterocycles. The number of ether oxygens (including phenoxy) is 1. The molecule has 0 saturated carbocycles. The lowest BCUT2D eigenvalue weighted by Crippen LogP contribution is -2.35. The lowest BCUT2D eigenvalue weighted by atomic mass is 9.65. The molecule has 0 fully saturated rings. The summed E-state index contributed by atoms with van der Waals surface area (Å²) in [6, 6.07) is 11.7. The van der Waals surface area contributed by atoms with Crippen molar-refractivity contribution in [3.8, 4) is 12.1 Å². The van der Waals surface area contributed by atoms with Crippen molar-refractivity contribution < 1.29 is 9.53 Å². The third-order valence-corrected chi connectivity index (χ3v) is 4.71. The highest BCUT2D eigenvalue weighted by Crippen LogP contribution is 2.47. The van der Waals surface area contributed by atoms with Gasteiger partial charge in [0.25, 0.3) is 0 Å². The van der Waals surface area contributed by atoms with E-state index in [1.807, 2.05) is 37.3 Å². The van der Waals surface area contributed by atoms with Crippen LogP contribution in [0.15, 0.2) is 34.8 Å². The van der Waals surface area contributed by atoms with Gasteiger partial charge in [0.2, 0.25) is 0 Å². The van der Waals surface area contributed by atoms with E-state index in [2.05, 4.69) is 28.1 Å². The maximum Gasteiger partial charge on any atom is 0.309 e. The second kappa shape index (κ2) is 6.98. The van der Waals surface area contributed by atoms with E-state index in [0.29, 0.717) is 5.57 Å². The molecular weight excluding hydrogens is 356 g/mol. The van der Waals surface area contributed by atoms with Crippen LogP contribution in [0, 0.1) is 39.9 Å². The molecule has 5 heteroatoms. The number of nitrogens with zero attached hydrogens (tertiary/aromatic N) is 2. The molecule has 0 unspecified atom stereocenters. The van der Waals surface area contributed by atoms with Gasteiger partial charge in [0, 0.05) is 4.47 Å². The Labute approximate surface area is 144 Å². The average molecular weight is 373 g/mol. The van der Waals surface area contributed by atoms with E-state index in [0.717, 1.165) is 10.0 Å². The lowest BCUT2D eigenvalue weighted by Gasteiger charge is -2.34. The van der Waals surface area contributed by atoms with Crippen LogP contribution in [0.5, 0.6) is 0 Å². The summed E-state index contributed by atoms with van der Waals surface area (Å²) in [5.74, 6) is -0.919. The minimum atomic E-state index is -1.34. The van der Waals surface area contributed by atoms with Crippen LogP contribution in [0.4, 0.5) is 0 Å². The van der Waals surface area contributed by atoms with E-state index < -0.39 is 11.3 Å². The van der Waals surface area contributed by atoms with Gasteiger partial charge in [0.05, 0.1) is 24.7 Å². The summed E-state index contributed by atoms with van der Waals surface area (Å²) in [6.07, 6.45) is 2.02. The number of nitriles is 2. The van der Waals surface area contributed by atoms with Gasteiger partial charge in [-0.15, -0.1) is 0 Å². The van der Waals surface area contributed by atoms with Crippen molar-refractivity contribution in [3.63, 3.8) is 0 Å². The number of benzene rings is 1.